The average molecular weight is 274 g/mol. The fourth-order valence-corrected chi connectivity index (χ4v) is 1.62. The van der Waals surface area contributed by atoms with Gasteiger partial charge in [-0.15, -0.1) is 0 Å². The summed E-state index contributed by atoms with van der Waals surface area (Å²) in [6, 6.07) is 3.98. The first kappa shape index (κ1) is 15.4. The number of halogens is 3. The molecule has 0 saturated heterocycles. The molecular formula is C12H13F3N2O2. The molecule has 0 amide bonds. The predicted octanol–water partition coefficient (Wildman–Crippen LogP) is 1.32. The summed E-state index contributed by atoms with van der Waals surface area (Å²) in [5, 5.41) is 28.2. The summed E-state index contributed by atoms with van der Waals surface area (Å²) in [6.45, 7) is 0.112. The van der Waals surface area contributed by atoms with E-state index in [0.29, 0.717) is 6.07 Å². The highest BCUT2D eigenvalue weighted by Gasteiger charge is 2.32. The van der Waals surface area contributed by atoms with Crippen molar-refractivity contribution in [2.45, 2.75) is 24.8 Å². The van der Waals surface area contributed by atoms with E-state index in [4.69, 9.17) is 11.0 Å². The molecule has 1 rings (SSSR count). The summed E-state index contributed by atoms with van der Waals surface area (Å²) in [7, 11) is 0. The molecule has 0 heterocycles. The molecule has 7 heteroatoms. The molecule has 4 nitrogen and oxygen atoms in total. The van der Waals surface area contributed by atoms with Crippen LogP contribution in [0, 0.1) is 11.3 Å². The zero-order valence-corrected chi connectivity index (χ0v) is 9.85. The lowest BCUT2D eigenvalue weighted by Crippen LogP contribution is -2.22. The predicted molar refractivity (Wildman–Crippen MR) is 60.8 cm³/mol. The van der Waals surface area contributed by atoms with E-state index < -0.39 is 23.9 Å². The van der Waals surface area contributed by atoms with E-state index in [1.165, 1.54) is 0 Å². The number of hydrogen-bond donors (Lipinski definition) is 3. The highest BCUT2D eigenvalue weighted by molar-refractivity contribution is 5.43. The maximum absolute atomic E-state index is 12.5. The van der Waals surface area contributed by atoms with Gasteiger partial charge < -0.3 is 15.9 Å². The van der Waals surface area contributed by atoms with Gasteiger partial charge in [0.2, 0.25) is 0 Å². The Bertz CT molecular complexity index is 483. The number of nitrogens with two attached hydrogens (primary N) is 1. The fourth-order valence-electron chi connectivity index (χ4n) is 1.62. The minimum Gasteiger partial charge on any atom is -0.390 e. The summed E-state index contributed by atoms with van der Waals surface area (Å²) in [5.74, 6) is 0. The number of rotatable bonds is 4. The second-order valence-electron chi connectivity index (χ2n) is 4.00. The van der Waals surface area contributed by atoms with E-state index in [-0.39, 0.29) is 24.1 Å². The SMILES string of the molecule is N#Cc1cc(C(F)(F)F)ccc1C(O)C(O)CCN. The van der Waals surface area contributed by atoms with Gasteiger partial charge in [0.15, 0.2) is 0 Å². The van der Waals surface area contributed by atoms with Crippen LogP contribution in [0.25, 0.3) is 0 Å². The molecule has 0 saturated carbocycles. The summed E-state index contributed by atoms with van der Waals surface area (Å²) < 4.78 is 37.4. The van der Waals surface area contributed by atoms with E-state index in [0.717, 1.165) is 12.1 Å². The molecule has 0 aliphatic rings. The Hall–Kier alpha value is -1.62. The van der Waals surface area contributed by atoms with Gasteiger partial charge in [-0.2, -0.15) is 18.4 Å². The van der Waals surface area contributed by atoms with Crippen molar-refractivity contribution >= 4 is 0 Å². The van der Waals surface area contributed by atoms with Crippen molar-refractivity contribution in [1.82, 2.24) is 0 Å². The summed E-state index contributed by atoms with van der Waals surface area (Å²) in [6.07, 6.45) is -7.16. The molecule has 0 fully saturated rings. The molecule has 2 unspecified atom stereocenters. The molecule has 0 aliphatic carbocycles. The van der Waals surface area contributed by atoms with Crippen LogP contribution in [-0.2, 0) is 6.18 Å². The number of hydrogen-bond acceptors (Lipinski definition) is 4. The van der Waals surface area contributed by atoms with E-state index >= 15 is 0 Å². The van der Waals surface area contributed by atoms with Crippen LogP contribution in [0.3, 0.4) is 0 Å². The first-order chi connectivity index (χ1) is 8.81. The first-order valence-corrected chi connectivity index (χ1v) is 5.48. The lowest BCUT2D eigenvalue weighted by atomic mass is 9.96. The van der Waals surface area contributed by atoms with Gasteiger partial charge in [0.05, 0.1) is 23.3 Å². The van der Waals surface area contributed by atoms with E-state index in [9.17, 15) is 23.4 Å². The van der Waals surface area contributed by atoms with Crippen LogP contribution in [0.4, 0.5) is 13.2 Å². The maximum Gasteiger partial charge on any atom is 0.416 e. The summed E-state index contributed by atoms with van der Waals surface area (Å²) in [4.78, 5) is 0. The Morgan fingerprint density at radius 1 is 1.32 bits per heavy atom. The lowest BCUT2D eigenvalue weighted by molar-refractivity contribution is -0.137. The fraction of sp³-hybridized carbons (Fsp3) is 0.417. The zero-order valence-electron chi connectivity index (χ0n) is 9.85. The topological polar surface area (TPSA) is 90.3 Å². The van der Waals surface area contributed by atoms with Gasteiger partial charge in [-0.1, -0.05) is 6.07 Å². The van der Waals surface area contributed by atoms with Crippen molar-refractivity contribution < 1.29 is 23.4 Å². The van der Waals surface area contributed by atoms with Crippen LogP contribution in [-0.4, -0.2) is 22.9 Å². The van der Waals surface area contributed by atoms with Gasteiger partial charge in [0, 0.05) is 5.56 Å². The third kappa shape index (κ3) is 3.67. The molecule has 0 aromatic heterocycles. The standard InChI is InChI=1S/C12H13F3N2O2/c13-12(14,15)8-1-2-9(7(5-8)6-17)11(19)10(18)3-4-16/h1-2,5,10-11,18-19H,3-4,16H2. The number of aliphatic hydroxyl groups is 2. The van der Waals surface area contributed by atoms with E-state index in [2.05, 4.69) is 0 Å². The van der Waals surface area contributed by atoms with Crippen LogP contribution in [0.15, 0.2) is 18.2 Å². The molecule has 104 valence electrons. The van der Waals surface area contributed by atoms with E-state index in [1.807, 2.05) is 0 Å². The first-order valence-electron chi connectivity index (χ1n) is 5.48. The third-order valence-electron chi connectivity index (χ3n) is 2.65. The van der Waals surface area contributed by atoms with Crippen molar-refractivity contribution in [3.8, 4) is 6.07 Å². The van der Waals surface area contributed by atoms with Gasteiger partial charge in [-0.3, -0.25) is 0 Å². The second kappa shape index (κ2) is 6.02. The molecular weight excluding hydrogens is 261 g/mol. The highest BCUT2D eigenvalue weighted by Crippen LogP contribution is 2.32. The molecule has 1 aromatic rings. The van der Waals surface area contributed by atoms with Crippen molar-refractivity contribution in [3.05, 3.63) is 34.9 Å². The van der Waals surface area contributed by atoms with E-state index in [1.54, 1.807) is 6.07 Å². The quantitative estimate of drug-likeness (QED) is 0.772. The third-order valence-corrected chi connectivity index (χ3v) is 2.65. The molecule has 0 aliphatic heterocycles. The number of nitrogens with zero attached hydrogens (tertiary/aromatic N) is 1. The van der Waals surface area contributed by atoms with Gasteiger partial charge in [0.1, 0.15) is 6.10 Å². The average Bonchev–Trinajstić information content (AvgIpc) is 2.36. The zero-order chi connectivity index (χ0) is 14.6. The van der Waals surface area contributed by atoms with Crippen LogP contribution in [0.2, 0.25) is 0 Å². The molecule has 2 atom stereocenters. The van der Waals surface area contributed by atoms with Gasteiger partial charge >= 0.3 is 6.18 Å². The number of alkyl halides is 3. The highest BCUT2D eigenvalue weighted by atomic mass is 19.4. The number of aliphatic hydroxyl groups excluding tert-OH is 2. The lowest BCUT2D eigenvalue weighted by Gasteiger charge is -2.19. The largest absolute Gasteiger partial charge is 0.416 e. The van der Waals surface area contributed by atoms with Gasteiger partial charge in [0.25, 0.3) is 0 Å². The van der Waals surface area contributed by atoms with Gasteiger partial charge in [-0.05, 0) is 25.1 Å². The molecule has 1 aromatic carbocycles. The number of nitriles is 1. The minimum atomic E-state index is -4.56. The molecule has 4 N–H and O–H groups in total. The normalized spacial score (nSPS) is 14.8. The Kier molecular flexibility index (Phi) is 4.89. The van der Waals surface area contributed by atoms with Crippen molar-refractivity contribution in [2.75, 3.05) is 6.54 Å². The van der Waals surface area contributed by atoms with Crippen LogP contribution in [0.5, 0.6) is 0 Å². The smallest absolute Gasteiger partial charge is 0.390 e. The van der Waals surface area contributed by atoms with Crippen LogP contribution >= 0.6 is 0 Å². The minimum absolute atomic E-state index is 0.0450. The summed E-state index contributed by atoms with van der Waals surface area (Å²) >= 11 is 0. The molecule has 0 spiro atoms. The monoisotopic (exact) mass is 274 g/mol. The Balaban J connectivity index is 3.13. The Morgan fingerprint density at radius 2 is 1.95 bits per heavy atom. The summed E-state index contributed by atoms with van der Waals surface area (Å²) in [5.41, 5.74) is 3.87. The van der Waals surface area contributed by atoms with Crippen molar-refractivity contribution in [3.63, 3.8) is 0 Å². The Morgan fingerprint density at radius 3 is 2.42 bits per heavy atom. The molecule has 0 bridgehead atoms. The van der Waals surface area contributed by atoms with Gasteiger partial charge in [-0.25, -0.2) is 0 Å². The Labute approximate surface area is 107 Å². The van der Waals surface area contributed by atoms with Crippen LogP contribution < -0.4 is 5.73 Å². The van der Waals surface area contributed by atoms with Crippen molar-refractivity contribution in [2.24, 2.45) is 5.73 Å². The van der Waals surface area contributed by atoms with Crippen molar-refractivity contribution in [1.29, 1.82) is 5.26 Å². The molecule has 19 heavy (non-hydrogen) atoms. The van der Waals surface area contributed by atoms with Crippen LogP contribution in [0.1, 0.15) is 29.2 Å². The molecule has 0 radical (unpaired) electrons. The second-order valence-corrected chi connectivity index (χ2v) is 4.00. The number of benzene rings is 1. The maximum atomic E-state index is 12.5.